The van der Waals surface area contributed by atoms with Crippen molar-refractivity contribution in [3.8, 4) is 0 Å². The van der Waals surface area contributed by atoms with Crippen molar-refractivity contribution in [1.82, 2.24) is 0 Å². The second-order valence-electron chi connectivity index (χ2n) is 7.68. The molecular formula is C17H26O4. The highest BCUT2D eigenvalue weighted by Crippen LogP contribution is 2.60. The van der Waals surface area contributed by atoms with E-state index in [4.69, 9.17) is 0 Å². The number of hydrogen-bond donors (Lipinski definition) is 2. The molecule has 0 saturated heterocycles. The topological polar surface area (TPSA) is 74.6 Å². The van der Waals surface area contributed by atoms with Crippen LogP contribution in [0.2, 0.25) is 0 Å². The smallest absolute Gasteiger partial charge is 0.307 e. The Labute approximate surface area is 125 Å². The maximum Gasteiger partial charge on any atom is 0.307 e. The van der Waals surface area contributed by atoms with E-state index in [1.165, 1.54) is 25.7 Å². The van der Waals surface area contributed by atoms with Crippen molar-refractivity contribution in [1.29, 1.82) is 0 Å². The Morgan fingerprint density at radius 3 is 2.38 bits per heavy atom. The molecule has 118 valence electrons. The molecule has 3 aliphatic rings. The van der Waals surface area contributed by atoms with Gasteiger partial charge in [0, 0.05) is 0 Å². The molecule has 6 unspecified atom stereocenters. The van der Waals surface area contributed by atoms with Crippen LogP contribution in [0, 0.1) is 35.0 Å². The van der Waals surface area contributed by atoms with Crippen molar-refractivity contribution < 1.29 is 19.8 Å². The third-order valence-corrected chi connectivity index (χ3v) is 6.95. The van der Waals surface area contributed by atoms with Crippen LogP contribution in [0.5, 0.6) is 0 Å². The van der Waals surface area contributed by atoms with Crippen LogP contribution in [0.3, 0.4) is 0 Å². The molecule has 0 radical (unpaired) electrons. The van der Waals surface area contributed by atoms with E-state index in [0.29, 0.717) is 12.3 Å². The SMILES string of the molecule is CC12CCCCC1CCC1C(C(=O)O)C(C(=O)O)CCC12. The number of aliphatic carboxylic acids is 2. The average molecular weight is 294 g/mol. The molecule has 0 aliphatic heterocycles. The molecule has 4 heteroatoms. The summed E-state index contributed by atoms with van der Waals surface area (Å²) in [5, 5.41) is 19.0. The molecule has 4 nitrogen and oxygen atoms in total. The molecule has 0 bridgehead atoms. The van der Waals surface area contributed by atoms with Gasteiger partial charge in [0.2, 0.25) is 0 Å². The minimum Gasteiger partial charge on any atom is -0.481 e. The lowest BCUT2D eigenvalue weighted by Crippen LogP contribution is -2.53. The molecule has 21 heavy (non-hydrogen) atoms. The van der Waals surface area contributed by atoms with E-state index in [0.717, 1.165) is 25.2 Å². The summed E-state index contributed by atoms with van der Waals surface area (Å²) >= 11 is 0. The molecule has 0 amide bonds. The normalized spacial score (nSPS) is 46.2. The van der Waals surface area contributed by atoms with Crippen molar-refractivity contribution in [3.63, 3.8) is 0 Å². The lowest BCUT2D eigenvalue weighted by molar-refractivity contribution is -0.168. The monoisotopic (exact) mass is 294 g/mol. The molecule has 2 N–H and O–H groups in total. The second kappa shape index (κ2) is 5.29. The van der Waals surface area contributed by atoms with Crippen molar-refractivity contribution in [3.05, 3.63) is 0 Å². The van der Waals surface area contributed by atoms with Crippen LogP contribution < -0.4 is 0 Å². The average Bonchev–Trinajstić information content (AvgIpc) is 2.45. The summed E-state index contributed by atoms with van der Waals surface area (Å²) < 4.78 is 0. The first-order valence-corrected chi connectivity index (χ1v) is 8.40. The van der Waals surface area contributed by atoms with Gasteiger partial charge < -0.3 is 10.2 Å². The van der Waals surface area contributed by atoms with Gasteiger partial charge in [0.15, 0.2) is 0 Å². The van der Waals surface area contributed by atoms with E-state index in [1.54, 1.807) is 0 Å². The summed E-state index contributed by atoms with van der Waals surface area (Å²) in [7, 11) is 0. The largest absolute Gasteiger partial charge is 0.481 e. The van der Waals surface area contributed by atoms with Gasteiger partial charge in [-0.3, -0.25) is 9.59 Å². The van der Waals surface area contributed by atoms with Crippen LogP contribution in [0.4, 0.5) is 0 Å². The van der Waals surface area contributed by atoms with Gasteiger partial charge in [-0.15, -0.1) is 0 Å². The Morgan fingerprint density at radius 2 is 1.71 bits per heavy atom. The van der Waals surface area contributed by atoms with Crippen molar-refractivity contribution in [2.45, 2.75) is 58.3 Å². The quantitative estimate of drug-likeness (QED) is 0.818. The fourth-order valence-electron chi connectivity index (χ4n) is 5.92. The van der Waals surface area contributed by atoms with Gasteiger partial charge in [0.1, 0.15) is 0 Å². The Bertz CT molecular complexity index is 446. The van der Waals surface area contributed by atoms with Gasteiger partial charge in [-0.2, -0.15) is 0 Å². The van der Waals surface area contributed by atoms with Crippen molar-refractivity contribution in [2.75, 3.05) is 0 Å². The Hall–Kier alpha value is -1.06. The zero-order valence-corrected chi connectivity index (χ0v) is 12.8. The van der Waals surface area contributed by atoms with E-state index in [9.17, 15) is 19.8 Å². The lowest BCUT2D eigenvalue weighted by Gasteiger charge is -2.57. The Kier molecular flexibility index (Phi) is 3.74. The standard InChI is InChI=1S/C17H26O4/c1-17-9-3-2-4-10(17)5-6-11-13(17)8-7-12(15(18)19)14(11)16(20)21/h10-14H,2-9H2,1H3,(H,18,19)(H,20,21). The number of fused-ring (bicyclic) bond motifs is 3. The van der Waals surface area contributed by atoms with Crippen LogP contribution in [0.25, 0.3) is 0 Å². The summed E-state index contributed by atoms with van der Waals surface area (Å²) in [6.45, 7) is 2.35. The molecule has 0 heterocycles. The van der Waals surface area contributed by atoms with Crippen LogP contribution in [-0.4, -0.2) is 22.2 Å². The summed E-state index contributed by atoms with van der Waals surface area (Å²) in [5.41, 5.74) is 0.248. The van der Waals surface area contributed by atoms with Gasteiger partial charge in [0.25, 0.3) is 0 Å². The minimum absolute atomic E-state index is 0.0664. The number of carboxylic acids is 2. The number of carboxylic acid groups (broad SMARTS) is 2. The fourth-order valence-corrected chi connectivity index (χ4v) is 5.92. The fraction of sp³-hybridized carbons (Fsp3) is 0.882. The second-order valence-corrected chi connectivity index (χ2v) is 7.68. The van der Waals surface area contributed by atoms with Gasteiger partial charge in [-0.25, -0.2) is 0 Å². The van der Waals surface area contributed by atoms with Crippen LogP contribution >= 0.6 is 0 Å². The maximum atomic E-state index is 11.7. The summed E-state index contributed by atoms with van der Waals surface area (Å²) in [4.78, 5) is 23.2. The summed E-state index contributed by atoms with van der Waals surface area (Å²) in [5.74, 6) is -1.98. The van der Waals surface area contributed by atoms with E-state index < -0.39 is 23.8 Å². The van der Waals surface area contributed by atoms with E-state index in [-0.39, 0.29) is 11.3 Å². The van der Waals surface area contributed by atoms with Crippen LogP contribution in [0.1, 0.15) is 58.3 Å². The minimum atomic E-state index is -0.920. The molecule has 3 aliphatic carbocycles. The molecule has 0 spiro atoms. The number of hydrogen-bond acceptors (Lipinski definition) is 2. The molecule has 0 aromatic heterocycles. The van der Waals surface area contributed by atoms with Crippen LogP contribution in [-0.2, 0) is 9.59 Å². The highest BCUT2D eigenvalue weighted by Gasteiger charge is 2.56. The van der Waals surface area contributed by atoms with E-state index in [1.807, 2.05) is 0 Å². The summed E-state index contributed by atoms with van der Waals surface area (Å²) in [6, 6.07) is 0. The third-order valence-electron chi connectivity index (χ3n) is 6.95. The molecule has 0 aromatic carbocycles. The molecule has 3 saturated carbocycles. The zero-order valence-electron chi connectivity index (χ0n) is 12.8. The molecule has 3 rings (SSSR count). The molecule has 6 atom stereocenters. The van der Waals surface area contributed by atoms with E-state index >= 15 is 0 Å². The highest BCUT2D eigenvalue weighted by atomic mass is 16.4. The molecule has 0 aromatic rings. The van der Waals surface area contributed by atoms with E-state index in [2.05, 4.69) is 6.92 Å². The van der Waals surface area contributed by atoms with Gasteiger partial charge >= 0.3 is 11.9 Å². The molecular weight excluding hydrogens is 268 g/mol. The molecule has 3 fully saturated rings. The Balaban J connectivity index is 1.91. The highest BCUT2D eigenvalue weighted by molar-refractivity contribution is 5.80. The maximum absolute atomic E-state index is 11.7. The predicted octanol–water partition coefficient (Wildman–Crippen LogP) is 3.40. The number of rotatable bonds is 2. The first-order valence-electron chi connectivity index (χ1n) is 8.40. The predicted molar refractivity (Wildman–Crippen MR) is 77.8 cm³/mol. The Morgan fingerprint density at radius 1 is 0.952 bits per heavy atom. The number of carbonyl (C=O) groups is 2. The first kappa shape index (κ1) is 14.9. The van der Waals surface area contributed by atoms with Gasteiger partial charge in [-0.05, 0) is 61.7 Å². The van der Waals surface area contributed by atoms with Crippen molar-refractivity contribution in [2.24, 2.45) is 35.0 Å². The van der Waals surface area contributed by atoms with Crippen LogP contribution in [0.15, 0.2) is 0 Å². The van der Waals surface area contributed by atoms with Crippen molar-refractivity contribution >= 4 is 11.9 Å². The first-order chi connectivity index (χ1) is 9.95. The van der Waals surface area contributed by atoms with Gasteiger partial charge in [-0.1, -0.05) is 19.8 Å². The van der Waals surface area contributed by atoms with Gasteiger partial charge in [0.05, 0.1) is 11.8 Å². The summed E-state index contributed by atoms with van der Waals surface area (Å²) in [6.07, 6.45) is 8.46. The third kappa shape index (κ3) is 2.27. The lowest BCUT2D eigenvalue weighted by atomic mass is 9.47. The zero-order chi connectivity index (χ0) is 15.2.